The smallest absolute Gasteiger partial charge is 0.251 e. The topological polar surface area (TPSA) is 52.7 Å². The Morgan fingerprint density at radius 1 is 0.737 bits per heavy atom. The van der Waals surface area contributed by atoms with Crippen LogP contribution in [0, 0.1) is 11.6 Å². The van der Waals surface area contributed by atoms with Gasteiger partial charge in [-0.1, -0.05) is 54.6 Å². The van der Waals surface area contributed by atoms with Gasteiger partial charge in [-0.05, 0) is 65.2 Å². The van der Waals surface area contributed by atoms with Gasteiger partial charge in [-0.2, -0.15) is 0 Å². The minimum absolute atomic E-state index is 0.0565. The summed E-state index contributed by atoms with van der Waals surface area (Å²) in [5.74, 6) is -1.59. The molecule has 0 saturated heterocycles. The molecule has 4 aromatic carbocycles. The van der Waals surface area contributed by atoms with E-state index in [1.165, 1.54) is 41.3 Å². The van der Waals surface area contributed by atoms with Crippen molar-refractivity contribution < 1.29 is 18.4 Å². The van der Waals surface area contributed by atoms with Gasteiger partial charge in [0.2, 0.25) is 5.91 Å². The number of nitrogens with one attached hydrogen (secondary N) is 1. The summed E-state index contributed by atoms with van der Waals surface area (Å²) < 4.78 is 27.4. The predicted octanol–water partition coefficient (Wildman–Crippen LogP) is 5.98. The second-order valence-corrected chi connectivity index (χ2v) is 9.20. The number of amides is 2. The summed E-state index contributed by atoms with van der Waals surface area (Å²) in [7, 11) is 3.84. The lowest BCUT2D eigenvalue weighted by Crippen LogP contribution is -2.41. The first-order valence-corrected chi connectivity index (χ1v) is 12.2. The molecule has 0 aliphatic rings. The number of nitrogens with zero attached hydrogens (tertiary/aromatic N) is 2. The maximum Gasteiger partial charge on any atom is 0.251 e. The van der Waals surface area contributed by atoms with Crippen LogP contribution >= 0.6 is 0 Å². The zero-order chi connectivity index (χ0) is 27.1. The Morgan fingerprint density at radius 3 is 1.89 bits per heavy atom. The second-order valence-electron chi connectivity index (χ2n) is 9.20. The van der Waals surface area contributed by atoms with E-state index in [1.807, 2.05) is 61.5 Å². The fourth-order valence-electron chi connectivity index (χ4n) is 4.15. The number of hydrogen-bond donors (Lipinski definition) is 1. The van der Waals surface area contributed by atoms with Gasteiger partial charge >= 0.3 is 0 Å². The number of carbonyl (C=O) groups is 2. The number of benzene rings is 4. The zero-order valence-corrected chi connectivity index (χ0v) is 21.3. The molecule has 194 valence electrons. The lowest BCUT2D eigenvalue weighted by Gasteiger charge is -2.32. The minimum Gasteiger partial charge on any atom is -0.378 e. The van der Waals surface area contributed by atoms with Gasteiger partial charge in [0, 0.05) is 32.0 Å². The summed E-state index contributed by atoms with van der Waals surface area (Å²) in [6.07, 6.45) is 0.0601. The molecule has 0 aromatic heterocycles. The lowest BCUT2D eigenvalue weighted by molar-refractivity contribution is -0.139. The van der Waals surface area contributed by atoms with Crippen molar-refractivity contribution >= 4 is 23.2 Å². The summed E-state index contributed by atoms with van der Waals surface area (Å²) in [5, 5.41) is 2.91. The molecule has 7 heteroatoms. The minimum atomic E-state index is -1.06. The van der Waals surface area contributed by atoms with Crippen LogP contribution in [0.15, 0.2) is 103 Å². The highest BCUT2D eigenvalue weighted by molar-refractivity contribution is 5.98. The third-order valence-corrected chi connectivity index (χ3v) is 6.18. The van der Waals surface area contributed by atoms with Crippen LogP contribution in [0.25, 0.3) is 0 Å². The van der Waals surface area contributed by atoms with Crippen LogP contribution in [0.2, 0.25) is 0 Å². The highest BCUT2D eigenvalue weighted by Gasteiger charge is 2.32. The van der Waals surface area contributed by atoms with E-state index in [4.69, 9.17) is 0 Å². The van der Waals surface area contributed by atoms with E-state index >= 15 is 0 Å². The SMILES string of the molecule is CN(C)c1ccc(NC(=O)C(c2ccc(F)cc2)N(Cc2ccc(F)cc2)C(=O)Cc2ccccc2)cc1. The molecule has 5 nitrogen and oxygen atoms in total. The second kappa shape index (κ2) is 12.1. The van der Waals surface area contributed by atoms with E-state index in [9.17, 15) is 18.4 Å². The standard InChI is InChI=1S/C31H29F2N3O2/c1-35(2)28-18-16-27(17-19-28)34-31(38)30(24-10-14-26(33)15-11-24)36(21-23-8-12-25(32)13-9-23)29(37)20-22-6-4-3-5-7-22/h3-19,30H,20-21H2,1-2H3,(H,34,38). The summed E-state index contributed by atoms with van der Waals surface area (Å²) in [6.45, 7) is 0.0565. The van der Waals surface area contributed by atoms with Gasteiger partial charge in [0.15, 0.2) is 0 Å². The van der Waals surface area contributed by atoms with Crippen molar-refractivity contribution in [3.63, 3.8) is 0 Å². The summed E-state index contributed by atoms with van der Waals surface area (Å²) in [6, 6.07) is 26.8. The van der Waals surface area contributed by atoms with E-state index in [0.29, 0.717) is 16.8 Å². The summed E-state index contributed by atoms with van der Waals surface area (Å²) in [5.41, 5.74) is 3.43. The van der Waals surface area contributed by atoms with E-state index in [1.54, 1.807) is 24.3 Å². The fourth-order valence-corrected chi connectivity index (χ4v) is 4.15. The highest BCUT2D eigenvalue weighted by atomic mass is 19.1. The van der Waals surface area contributed by atoms with Crippen molar-refractivity contribution in [1.82, 2.24) is 4.90 Å². The van der Waals surface area contributed by atoms with E-state index in [2.05, 4.69) is 5.32 Å². The third kappa shape index (κ3) is 6.82. The molecule has 1 atom stereocenters. The van der Waals surface area contributed by atoms with Crippen LogP contribution in [-0.4, -0.2) is 30.8 Å². The third-order valence-electron chi connectivity index (χ3n) is 6.18. The molecule has 0 bridgehead atoms. The van der Waals surface area contributed by atoms with Crippen LogP contribution in [0.3, 0.4) is 0 Å². The Labute approximate surface area is 221 Å². The van der Waals surface area contributed by atoms with Gasteiger partial charge in [-0.25, -0.2) is 8.78 Å². The van der Waals surface area contributed by atoms with Gasteiger partial charge in [0.05, 0.1) is 6.42 Å². The largest absolute Gasteiger partial charge is 0.378 e. The van der Waals surface area contributed by atoms with E-state index in [0.717, 1.165) is 11.3 Å². The Bertz CT molecular complexity index is 1360. The van der Waals surface area contributed by atoms with E-state index in [-0.39, 0.29) is 18.9 Å². The number of carbonyl (C=O) groups excluding carboxylic acids is 2. The molecule has 0 aliphatic heterocycles. The maximum absolute atomic E-state index is 13.8. The molecule has 2 amide bonds. The first kappa shape index (κ1) is 26.5. The fraction of sp³-hybridized carbons (Fsp3) is 0.161. The number of anilines is 2. The number of hydrogen-bond acceptors (Lipinski definition) is 3. The van der Waals surface area contributed by atoms with Crippen molar-refractivity contribution in [2.24, 2.45) is 0 Å². The molecule has 0 radical (unpaired) electrons. The molecule has 38 heavy (non-hydrogen) atoms. The Kier molecular flexibility index (Phi) is 8.48. The summed E-state index contributed by atoms with van der Waals surface area (Å²) >= 11 is 0. The zero-order valence-electron chi connectivity index (χ0n) is 21.3. The van der Waals surface area contributed by atoms with Crippen LogP contribution in [0.1, 0.15) is 22.7 Å². The predicted molar refractivity (Wildman–Crippen MR) is 146 cm³/mol. The van der Waals surface area contributed by atoms with Crippen LogP contribution in [0.4, 0.5) is 20.2 Å². The van der Waals surface area contributed by atoms with Crippen molar-refractivity contribution in [2.45, 2.75) is 19.0 Å². The lowest BCUT2D eigenvalue weighted by atomic mass is 10.0. The van der Waals surface area contributed by atoms with Gasteiger partial charge < -0.3 is 15.1 Å². The Hall–Kier alpha value is -4.52. The molecular weight excluding hydrogens is 484 g/mol. The average molecular weight is 514 g/mol. The van der Waals surface area contributed by atoms with Crippen LogP contribution in [-0.2, 0) is 22.6 Å². The van der Waals surface area contributed by atoms with Crippen molar-refractivity contribution in [3.8, 4) is 0 Å². The monoisotopic (exact) mass is 513 g/mol. The Morgan fingerprint density at radius 2 is 1.32 bits per heavy atom. The first-order chi connectivity index (χ1) is 18.3. The normalized spacial score (nSPS) is 11.5. The molecule has 4 rings (SSSR count). The number of halogens is 2. The molecule has 0 spiro atoms. The van der Waals surface area contributed by atoms with Gasteiger partial charge in [0.1, 0.15) is 17.7 Å². The van der Waals surface area contributed by atoms with Crippen molar-refractivity contribution in [1.29, 1.82) is 0 Å². The Balaban J connectivity index is 1.71. The van der Waals surface area contributed by atoms with Gasteiger partial charge in [-0.15, -0.1) is 0 Å². The van der Waals surface area contributed by atoms with Crippen LogP contribution < -0.4 is 10.2 Å². The maximum atomic E-state index is 13.8. The molecule has 0 saturated carbocycles. The van der Waals surface area contributed by atoms with E-state index < -0.39 is 23.6 Å². The molecular formula is C31H29F2N3O2. The molecule has 0 heterocycles. The molecule has 0 fully saturated rings. The molecule has 1 N–H and O–H groups in total. The van der Waals surface area contributed by atoms with Crippen LogP contribution in [0.5, 0.6) is 0 Å². The average Bonchev–Trinajstić information content (AvgIpc) is 2.91. The molecule has 0 aliphatic carbocycles. The first-order valence-electron chi connectivity index (χ1n) is 12.2. The van der Waals surface area contributed by atoms with Gasteiger partial charge in [-0.3, -0.25) is 9.59 Å². The number of rotatable bonds is 9. The van der Waals surface area contributed by atoms with Crippen molar-refractivity contribution in [3.05, 3.63) is 131 Å². The quantitative estimate of drug-likeness (QED) is 0.300. The highest BCUT2D eigenvalue weighted by Crippen LogP contribution is 2.27. The molecule has 4 aromatic rings. The summed E-state index contributed by atoms with van der Waals surface area (Å²) in [4.78, 5) is 30.9. The van der Waals surface area contributed by atoms with Crippen molar-refractivity contribution in [2.75, 3.05) is 24.3 Å². The molecule has 1 unspecified atom stereocenters. The van der Waals surface area contributed by atoms with Gasteiger partial charge in [0.25, 0.3) is 5.91 Å².